The van der Waals surface area contributed by atoms with Crippen molar-refractivity contribution in [2.75, 3.05) is 31.9 Å². The third-order valence-electron chi connectivity index (χ3n) is 4.08. The van der Waals surface area contributed by atoms with Crippen molar-refractivity contribution >= 4 is 47.1 Å². The normalized spacial score (nSPS) is 15.7. The van der Waals surface area contributed by atoms with E-state index in [0.29, 0.717) is 0 Å². The lowest BCUT2D eigenvalue weighted by atomic mass is 10.2. The molecule has 0 unspecified atom stereocenters. The van der Waals surface area contributed by atoms with Gasteiger partial charge in [0.15, 0.2) is 6.54 Å². The Labute approximate surface area is 183 Å². The Morgan fingerprint density at radius 3 is 2.20 bits per heavy atom. The molecule has 0 saturated carbocycles. The summed E-state index contributed by atoms with van der Waals surface area (Å²) in [5.41, 5.74) is 0.930. The third kappa shape index (κ3) is 10.0. The largest absolute Gasteiger partial charge is 0.673 e. The van der Waals surface area contributed by atoms with E-state index in [-0.39, 0.29) is 11.7 Å². The minimum absolute atomic E-state index is 0.0913. The number of amides is 1. The van der Waals surface area contributed by atoms with Crippen molar-refractivity contribution in [1.82, 2.24) is 4.90 Å². The lowest BCUT2D eigenvalue weighted by molar-refractivity contribution is -0.438. The fraction of sp³-hybridized carbons (Fsp3) is 0.474. The molecule has 0 aliphatic carbocycles. The third-order valence-corrected chi connectivity index (χ3v) is 6.35. The maximum absolute atomic E-state index is 12.8. The van der Waals surface area contributed by atoms with E-state index in [1.807, 2.05) is 22.8 Å². The Bertz CT molecular complexity index is 746. The van der Waals surface area contributed by atoms with Gasteiger partial charge in [0.2, 0.25) is 0 Å². The Morgan fingerprint density at radius 1 is 1.13 bits per heavy atom. The monoisotopic (exact) mass is 466 g/mol. The van der Waals surface area contributed by atoms with Crippen LogP contribution < -0.4 is 0 Å². The molecule has 168 valence electrons. The van der Waals surface area contributed by atoms with Crippen LogP contribution in [0.1, 0.15) is 32.8 Å². The predicted octanol–water partition coefficient (Wildman–Crippen LogP) is 5.16. The number of carbonyl (C=O) groups is 1. The number of phenols is 1. The summed E-state index contributed by atoms with van der Waals surface area (Å²) >= 11 is 3.29. The number of thioether (sulfide) groups is 2. The van der Waals surface area contributed by atoms with Crippen molar-refractivity contribution in [2.24, 2.45) is 0 Å². The molecule has 1 aliphatic heterocycles. The second kappa shape index (κ2) is 13.1. The summed E-state index contributed by atoms with van der Waals surface area (Å²) in [7, 11) is -6.00. The number of nitrogens with zero attached hydrogens (tertiary/aromatic N) is 2. The Hall–Kier alpha value is -1.46. The molecule has 0 aromatic heterocycles. The highest BCUT2D eigenvalue weighted by Gasteiger charge is 2.37. The Morgan fingerprint density at radius 2 is 1.70 bits per heavy atom. The van der Waals surface area contributed by atoms with E-state index >= 15 is 0 Å². The molecule has 1 aliphatic rings. The van der Waals surface area contributed by atoms with Gasteiger partial charge in [-0.05, 0) is 60.4 Å². The van der Waals surface area contributed by atoms with Crippen LogP contribution in [0.2, 0.25) is 0 Å². The van der Waals surface area contributed by atoms with E-state index in [9.17, 15) is 27.2 Å². The number of rotatable bonds is 8. The molecule has 0 radical (unpaired) electrons. The number of hydrogen-bond donors (Lipinski definition) is 1. The smallest absolute Gasteiger partial charge is 0.508 e. The Kier molecular flexibility index (Phi) is 11.6. The molecule has 30 heavy (non-hydrogen) atoms. The van der Waals surface area contributed by atoms with E-state index in [4.69, 9.17) is 0 Å². The number of benzene rings is 1. The van der Waals surface area contributed by atoms with Gasteiger partial charge in [0, 0.05) is 18.7 Å². The van der Waals surface area contributed by atoms with Crippen LogP contribution in [0.25, 0.3) is 6.08 Å². The van der Waals surface area contributed by atoms with Crippen LogP contribution in [0, 0.1) is 0 Å². The fourth-order valence-electron chi connectivity index (χ4n) is 2.64. The van der Waals surface area contributed by atoms with Crippen LogP contribution in [0.3, 0.4) is 0 Å². The summed E-state index contributed by atoms with van der Waals surface area (Å²) in [5, 5.41) is 9.39. The number of phenolic OH excluding ortho intramolecular Hbond substituents is 1. The molecule has 0 bridgehead atoms. The first-order valence-corrected chi connectivity index (χ1v) is 11.5. The van der Waals surface area contributed by atoms with E-state index in [1.54, 1.807) is 35.7 Å². The molecular weight excluding hydrogens is 439 g/mol. The number of aromatic hydroxyl groups is 1. The average molecular weight is 466 g/mol. The van der Waals surface area contributed by atoms with E-state index in [0.717, 1.165) is 53.2 Å². The SMILES string of the molecule is CCSC1=[N+](CCCN(CC)CC)C(=O)/C(=C/c2ccc(O)cc2)S1.F[B-](F)(F)F. The van der Waals surface area contributed by atoms with Crippen LogP contribution in [-0.4, -0.2) is 64.1 Å². The van der Waals surface area contributed by atoms with Crippen molar-refractivity contribution in [3.05, 3.63) is 34.7 Å². The van der Waals surface area contributed by atoms with Crippen molar-refractivity contribution < 1.29 is 31.7 Å². The van der Waals surface area contributed by atoms with Gasteiger partial charge in [-0.25, -0.2) is 4.79 Å². The highest BCUT2D eigenvalue weighted by atomic mass is 32.2. The van der Waals surface area contributed by atoms with Crippen LogP contribution >= 0.6 is 23.5 Å². The maximum atomic E-state index is 12.8. The van der Waals surface area contributed by atoms with Gasteiger partial charge < -0.3 is 27.3 Å². The van der Waals surface area contributed by atoms with Gasteiger partial charge in [-0.15, -0.1) is 4.58 Å². The minimum atomic E-state index is -6.00. The van der Waals surface area contributed by atoms with Crippen molar-refractivity contribution in [2.45, 2.75) is 27.2 Å². The van der Waals surface area contributed by atoms with Crippen LogP contribution in [0.5, 0.6) is 5.75 Å². The lowest BCUT2D eigenvalue weighted by Gasteiger charge is -2.16. The molecule has 1 aromatic carbocycles. The average Bonchev–Trinajstić information content (AvgIpc) is 2.95. The maximum Gasteiger partial charge on any atom is 0.673 e. The first-order valence-electron chi connectivity index (χ1n) is 9.68. The molecule has 1 N–H and O–H groups in total. The quantitative estimate of drug-likeness (QED) is 0.248. The second-order valence-electron chi connectivity index (χ2n) is 6.23. The van der Waals surface area contributed by atoms with Crippen LogP contribution in [0.4, 0.5) is 17.3 Å². The first kappa shape index (κ1) is 26.6. The molecule has 0 atom stereocenters. The Balaban J connectivity index is 0.000000804. The summed E-state index contributed by atoms with van der Waals surface area (Å²) in [6, 6.07) is 6.94. The van der Waals surface area contributed by atoms with E-state index < -0.39 is 7.25 Å². The summed E-state index contributed by atoms with van der Waals surface area (Å²) < 4.78 is 42.0. The van der Waals surface area contributed by atoms with E-state index in [1.165, 1.54) is 0 Å². The zero-order valence-electron chi connectivity index (χ0n) is 17.3. The molecule has 2 rings (SSSR count). The molecule has 1 heterocycles. The van der Waals surface area contributed by atoms with Crippen molar-refractivity contribution in [3.63, 3.8) is 0 Å². The van der Waals surface area contributed by atoms with Gasteiger partial charge in [-0.2, -0.15) is 0 Å². The first-order chi connectivity index (χ1) is 14.1. The molecule has 11 heteroatoms. The van der Waals surface area contributed by atoms with Gasteiger partial charge in [-0.1, -0.05) is 32.9 Å². The van der Waals surface area contributed by atoms with E-state index in [2.05, 4.69) is 25.7 Å². The highest BCUT2D eigenvalue weighted by Crippen LogP contribution is 2.33. The van der Waals surface area contributed by atoms with Crippen LogP contribution in [0.15, 0.2) is 29.2 Å². The molecule has 0 spiro atoms. The molecule has 0 saturated heterocycles. The highest BCUT2D eigenvalue weighted by molar-refractivity contribution is 8.40. The van der Waals surface area contributed by atoms with Crippen LogP contribution in [-0.2, 0) is 4.79 Å². The summed E-state index contributed by atoms with van der Waals surface area (Å²) in [6.07, 6.45) is 2.89. The summed E-state index contributed by atoms with van der Waals surface area (Å²) in [6.45, 7) is 10.3. The number of halogens is 4. The summed E-state index contributed by atoms with van der Waals surface area (Å²) in [5.74, 6) is 1.28. The number of carbonyl (C=O) groups excluding carboxylic acids is 1. The zero-order chi connectivity index (χ0) is 22.7. The number of hydrogen-bond acceptors (Lipinski definition) is 5. The van der Waals surface area contributed by atoms with Crippen molar-refractivity contribution in [3.8, 4) is 5.75 Å². The predicted molar refractivity (Wildman–Crippen MR) is 120 cm³/mol. The zero-order valence-corrected chi connectivity index (χ0v) is 18.9. The van der Waals surface area contributed by atoms with Crippen molar-refractivity contribution in [1.29, 1.82) is 0 Å². The molecular formula is C19H27BF4N2O2S2. The fourth-order valence-corrected chi connectivity index (χ4v) is 4.94. The molecule has 1 aromatic rings. The van der Waals surface area contributed by atoms with Gasteiger partial charge in [-0.3, -0.25) is 0 Å². The van der Waals surface area contributed by atoms with Gasteiger partial charge >= 0.3 is 13.2 Å². The molecule has 1 amide bonds. The topological polar surface area (TPSA) is 43.5 Å². The molecule has 0 fully saturated rings. The summed E-state index contributed by atoms with van der Waals surface area (Å²) in [4.78, 5) is 16.0. The second-order valence-corrected chi connectivity index (χ2v) is 8.77. The van der Waals surface area contributed by atoms with Gasteiger partial charge in [0.05, 0.1) is 0 Å². The minimum Gasteiger partial charge on any atom is -0.508 e. The molecule has 4 nitrogen and oxygen atoms in total. The van der Waals surface area contributed by atoms with Gasteiger partial charge in [0.25, 0.3) is 4.38 Å². The standard InChI is InChI=1S/C19H26N2O2S2.BF4/c1-4-20(5-2)12-7-13-21-18(23)17(25-19(21)24-6-3)14-15-8-10-16(22)11-9-15;2-1(3,4)5/h8-11,14H,4-7,12-13H2,1-3H3;/q;-1/p+1. The lowest BCUT2D eigenvalue weighted by Crippen LogP contribution is -2.28. The van der Waals surface area contributed by atoms with Gasteiger partial charge in [0.1, 0.15) is 10.7 Å².